The molecule has 0 saturated carbocycles. The van der Waals surface area contributed by atoms with Gasteiger partial charge in [0.1, 0.15) is 0 Å². The van der Waals surface area contributed by atoms with E-state index >= 15 is 0 Å². The molecular weight excluding hydrogens is 211 g/mol. The van der Waals surface area contributed by atoms with Crippen molar-refractivity contribution in [2.45, 2.75) is 26.2 Å². The third kappa shape index (κ3) is 2.72. The highest BCUT2D eigenvalue weighted by Crippen LogP contribution is 2.29. The first kappa shape index (κ1) is 12.5. The normalized spacial score (nSPS) is 12.2. The zero-order valence-electron chi connectivity index (χ0n) is 9.58. The summed E-state index contributed by atoms with van der Waals surface area (Å²) in [6, 6.07) is 3.25. The van der Waals surface area contributed by atoms with Crippen LogP contribution in [0.5, 0.6) is 5.75 Å². The minimum Gasteiger partial charge on any atom is -0.494 e. The molecule has 1 aromatic carbocycles. The average Bonchev–Trinajstić information content (AvgIpc) is 2.19. The molecule has 0 amide bonds. The molecule has 4 heteroatoms. The van der Waals surface area contributed by atoms with Crippen LogP contribution < -0.4 is 4.74 Å². The average molecular weight is 226 g/mol. The lowest BCUT2D eigenvalue weighted by Crippen LogP contribution is -2.06. The Hall–Kier alpha value is -1.58. The van der Waals surface area contributed by atoms with Crippen LogP contribution in [0.3, 0.4) is 0 Å². The zero-order valence-corrected chi connectivity index (χ0v) is 9.58. The maximum Gasteiger partial charge on any atom is 0.303 e. The molecule has 0 spiro atoms. The fourth-order valence-electron chi connectivity index (χ4n) is 1.64. The SMILES string of the molecule is COc1cc(C)cc(C(C)CC(=O)O)c1F. The molecule has 1 aromatic rings. The predicted molar refractivity (Wildman–Crippen MR) is 58.4 cm³/mol. The molecule has 1 atom stereocenters. The first-order chi connectivity index (χ1) is 7.45. The highest BCUT2D eigenvalue weighted by molar-refractivity contribution is 5.68. The molecule has 3 nitrogen and oxygen atoms in total. The van der Waals surface area contributed by atoms with Crippen molar-refractivity contribution in [2.75, 3.05) is 7.11 Å². The molecular formula is C12H15FO3. The van der Waals surface area contributed by atoms with Gasteiger partial charge in [0.25, 0.3) is 0 Å². The van der Waals surface area contributed by atoms with E-state index in [1.165, 1.54) is 7.11 Å². The molecule has 0 radical (unpaired) electrons. The van der Waals surface area contributed by atoms with Gasteiger partial charge in [-0.1, -0.05) is 13.0 Å². The van der Waals surface area contributed by atoms with Gasteiger partial charge in [-0.25, -0.2) is 4.39 Å². The summed E-state index contributed by atoms with van der Waals surface area (Å²) in [6.07, 6.45) is -0.0937. The minimum atomic E-state index is -0.938. The van der Waals surface area contributed by atoms with E-state index in [0.29, 0.717) is 5.56 Å². The van der Waals surface area contributed by atoms with E-state index in [2.05, 4.69) is 0 Å². The zero-order chi connectivity index (χ0) is 12.3. The number of aliphatic carboxylic acids is 1. The number of carbonyl (C=O) groups is 1. The smallest absolute Gasteiger partial charge is 0.303 e. The van der Waals surface area contributed by atoms with Crippen LogP contribution in [-0.2, 0) is 4.79 Å². The number of methoxy groups -OCH3 is 1. The van der Waals surface area contributed by atoms with Crippen LogP contribution in [0, 0.1) is 12.7 Å². The Morgan fingerprint density at radius 2 is 2.19 bits per heavy atom. The van der Waals surface area contributed by atoms with Gasteiger partial charge >= 0.3 is 5.97 Å². The summed E-state index contributed by atoms with van der Waals surface area (Å²) in [5.41, 5.74) is 1.24. The van der Waals surface area contributed by atoms with E-state index < -0.39 is 11.8 Å². The number of rotatable bonds is 4. The van der Waals surface area contributed by atoms with Crippen LogP contribution in [0.15, 0.2) is 12.1 Å². The Bertz CT molecular complexity index is 401. The predicted octanol–water partition coefficient (Wildman–Crippen LogP) is 2.72. The number of ether oxygens (including phenoxy) is 1. The number of aryl methyl sites for hydroxylation is 1. The quantitative estimate of drug-likeness (QED) is 0.858. The Labute approximate surface area is 93.9 Å². The van der Waals surface area contributed by atoms with Gasteiger partial charge in [-0.15, -0.1) is 0 Å². The third-order valence-corrected chi connectivity index (χ3v) is 2.44. The van der Waals surface area contributed by atoms with Crippen molar-refractivity contribution in [1.82, 2.24) is 0 Å². The molecule has 0 aliphatic rings. The van der Waals surface area contributed by atoms with E-state index in [9.17, 15) is 9.18 Å². The molecule has 0 aromatic heterocycles. The Balaban J connectivity index is 3.12. The van der Waals surface area contributed by atoms with E-state index in [1.54, 1.807) is 19.1 Å². The monoisotopic (exact) mass is 226 g/mol. The summed E-state index contributed by atoms with van der Waals surface area (Å²) < 4.78 is 18.7. The Morgan fingerprint density at radius 1 is 1.56 bits per heavy atom. The van der Waals surface area contributed by atoms with Crippen LogP contribution in [0.25, 0.3) is 0 Å². The highest BCUT2D eigenvalue weighted by atomic mass is 19.1. The van der Waals surface area contributed by atoms with Gasteiger partial charge in [0.2, 0.25) is 0 Å². The van der Waals surface area contributed by atoms with Gasteiger partial charge in [-0.2, -0.15) is 0 Å². The second-order valence-electron chi connectivity index (χ2n) is 3.87. The molecule has 0 aliphatic carbocycles. The third-order valence-electron chi connectivity index (χ3n) is 2.44. The molecule has 1 unspecified atom stereocenters. The Kier molecular flexibility index (Phi) is 3.88. The van der Waals surface area contributed by atoms with Crippen molar-refractivity contribution in [3.8, 4) is 5.75 Å². The van der Waals surface area contributed by atoms with Crippen LogP contribution >= 0.6 is 0 Å². The molecule has 0 bridgehead atoms. The summed E-state index contributed by atoms with van der Waals surface area (Å²) in [5, 5.41) is 8.68. The number of carboxylic acid groups (broad SMARTS) is 1. The number of hydrogen-bond donors (Lipinski definition) is 1. The molecule has 16 heavy (non-hydrogen) atoms. The molecule has 1 N–H and O–H groups in total. The summed E-state index contributed by atoms with van der Waals surface area (Å²) in [6.45, 7) is 3.50. The number of carboxylic acids is 1. The lowest BCUT2D eigenvalue weighted by Gasteiger charge is -2.14. The topological polar surface area (TPSA) is 46.5 Å². The van der Waals surface area contributed by atoms with Crippen LogP contribution in [0.2, 0.25) is 0 Å². The maximum atomic E-state index is 13.8. The van der Waals surface area contributed by atoms with Gasteiger partial charge in [-0.3, -0.25) is 4.79 Å². The fraction of sp³-hybridized carbons (Fsp3) is 0.417. The number of hydrogen-bond acceptors (Lipinski definition) is 2. The van der Waals surface area contributed by atoms with Gasteiger partial charge < -0.3 is 9.84 Å². The van der Waals surface area contributed by atoms with Gasteiger partial charge in [0.15, 0.2) is 11.6 Å². The van der Waals surface area contributed by atoms with Gasteiger partial charge in [0.05, 0.1) is 13.5 Å². The van der Waals surface area contributed by atoms with E-state index in [-0.39, 0.29) is 18.1 Å². The van der Waals surface area contributed by atoms with Crippen molar-refractivity contribution in [1.29, 1.82) is 0 Å². The molecule has 88 valence electrons. The van der Waals surface area contributed by atoms with E-state index in [0.717, 1.165) is 5.56 Å². The van der Waals surface area contributed by atoms with Gasteiger partial charge in [0, 0.05) is 0 Å². The maximum absolute atomic E-state index is 13.8. The summed E-state index contributed by atoms with van der Waals surface area (Å²) in [7, 11) is 1.39. The lowest BCUT2D eigenvalue weighted by molar-refractivity contribution is -0.137. The van der Waals surface area contributed by atoms with Crippen molar-refractivity contribution in [2.24, 2.45) is 0 Å². The standard InChI is InChI=1S/C12H15FO3/c1-7-4-9(8(2)6-11(14)15)12(13)10(5-7)16-3/h4-5,8H,6H2,1-3H3,(H,14,15). The van der Waals surface area contributed by atoms with Crippen molar-refractivity contribution in [3.63, 3.8) is 0 Å². The second-order valence-corrected chi connectivity index (χ2v) is 3.87. The molecule has 0 saturated heterocycles. The molecule has 0 heterocycles. The van der Waals surface area contributed by atoms with Crippen molar-refractivity contribution >= 4 is 5.97 Å². The Morgan fingerprint density at radius 3 is 2.69 bits per heavy atom. The number of halogens is 1. The lowest BCUT2D eigenvalue weighted by atomic mass is 9.95. The number of benzene rings is 1. The van der Waals surface area contributed by atoms with Crippen molar-refractivity contribution < 1.29 is 19.0 Å². The van der Waals surface area contributed by atoms with Crippen LogP contribution in [-0.4, -0.2) is 18.2 Å². The fourth-order valence-corrected chi connectivity index (χ4v) is 1.64. The molecule has 0 fully saturated rings. The first-order valence-electron chi connectivity index (χ1n) is 5.01. The first-order valence-corrected chi connectivity index (χ1v) is 5.01. The van der Waals surface area contributed by atoms with Gasteiger partial charge in [-0.05, 0) is 30.0 Å². The summed E-state index contributed by atoms with van der Waals surface area (Å²) in [4.78, 5) is 10.6. The van der Waals surface area contributed by atoms with E-state index in [1.807, 2.05) is 6.92 Å². The van der Waals surface area contributed by atoms with Crippen LogP contribution in [0.4, 0.5) is 4.39 Å². The van der Waals surface area contributed by atoms with E-state index in [4.69, 9.17) is 9.84 Å². The van der Waals surface area contributed by atoms with Crippen LogP contribution in [0.1, 0.15) is 30.4 Å². The largest absolute Gasteiger partial charge is 0.494 e. The molecule has 0 aliphatic heterocycles. The molecule has 1 rings (SSSR count). The summed E-state index contributed by atoms with van der Waals surface area (Å²) in [5.74, 6) is -1.62. The summed E-state index contributed by atoms with van der Waals surface area (Å²) >= 11 is 0. The minimum absolute atomic E-state index is 0.0937. The van der Waals surface area contributed by atoms with Crippen molar-refractivity contribution in [3.05, 3.63) is 29.1 Å². The highest BCUT2D eigenvalue weighted by Gasteiger charge is 2.18. The second kappa shape index (κ2) is 4.96.